The molecule has 74 heavy (non-hydrogen) atoms. The third-order valence-corrected chi connectivity index (χ3v) is 13.2. The van der Waals surface area contributed by atoms with Crippen LogP contribution in [0.4, 0.5) is 13.2 Å². The highest BCUT2D eigenvalue weighted by molar-refractivity contribution is 6.00. The van der Waals surface area contributed by atoms with Crippen molar-refractivity contribution in [2.24, 2.45) is 0 Å². The number of phenolic OH excluding ortho intramolecular Hbond substituents is 2. The zero-order chi connectivity index (χ0) is 52.4. The first-order chi connectivity index (χ1) is 35.6. The molecule has 386 valence electrons. The van der Waals surface area contributed by atoms with E-state index in [9.17, 15) is 42.6 Å². The fourth-order valence-electron chi connectivity index (χ4n) is 9.14. The number of ether oxygens (including phenoxy) is 1. The van der Waals surface area contributed by atoms with E-state index >= 15 is 0 Å². The van der Waals surface area contributed by atoms with Gasteiger partial charge in [0.15, 0.2) is 5.82 Å². The number of rotatable bonds is 20. The van der Waals surface area contributed by atoms with Crippen LogP contribution in [0.5, 0.6) is 23.0 Å². The van der Waals surface area contributed by atoms with Crippen LogP contribution in [-0.4, -0.2) is 85.2 Å². The molecule has 1 aromatic heterocycles. The van der Waals surface area contributed by atoms with Gasteiger partial charge in [-0.3, -0.25) is 19.3 Å². The zero-order valence-electron chi connectivity index (χ0n) is 41.4. The number of carbonyl (C=O) groups excluding carboxylic acids is 3. The second kappa shape index (κ2) is 23.7. The Kier molecular flexibility index (Phi) is 16.8. The van der Waals surface area contributed by atoms with Gasteiger partial charge in [-0.15, -0.1) is 0 Å². The van der Waals surface area contributed by atoms with Crippen LogP contribution in [-0.2, 0) is 35.3 Å². The number of nitrogens with zero attached hydrogens (tertiary/aromatic N) is 4. The number of carbonyl (C=O) groups is 3. The van der Waals surface area contributed by atoms with Gasteiger partial charge in [-0.25, -0.2) is 14.5 Å². The minimum Gasteiger partial charge on any atom is -0.508 e. The van der Waals surface area contributed by atoms with Crippen molar-refractivity contribution in [3.8, 4) is 40.1 Å². The number of hydrogen-bond donors (Lipinski definition) is 5. The summed E-state index contributed by atoms with van der Waals surface area (Å²) in [7, 11) is 0. The van der Waals surface area contributed by atoms with Crippen molar-refractivity contribution in [3.05, 3.63) is 165 Å². The van der Waals surface area contributed by atoms with Crippen LogP contribution in [0.3, 0.4) is 0 Å². The van der Waals surface area contributed by atoms with E-state index in [1.165, 1.54) is 22.8 Å². The average molecular weight is 1010 g/mol. The molecule has 0 aliphatic carbocycles. The number of nitrogens with one attached hydrogen (secondary N) is 3. The first kappa shape index (κ1) is 52.4. The van der Waals surface area contributed by atoms with Crippen molar-refractivity contribution in [1.29, 1.82) is 0 Å². The van der Waals surface area contributed by atoms with Gasteiger partial charge in [0.1, 0.15) is 23.0 Å². The number of hydrogen-bond acceptors (Lipinski definition) is 9. The van der Waals surface area contributed by atoms with Crippen LogP contribution >= 0.6 is 0 Å². The van der Waals surface area contributed by atoms with Gasteiger partial charge in [0.25, 0.3) is 5.91 Å². The Bertz CT molecular complexity index is 3140. The Balaban J connectivity index is 0.688. The zero-order valence-corrected chi connectivity index (χ0v) is 41.4. The molecule has 1 saturated heterocycles. The second-order valence-corrected chi connectivity index (χ2v) is 19.0. The van der Waals surface area contributed by atoms with Crippen molar-refractivity contribution < 1.29 is 42.5 Å². The molecule has 14 nitrogen and oxygen atoms in total. The highest BCUT2D eigenvalue weighted by Gasteiger charge is 2.30. The lowest BCUT2D eigenvalue weighted by atomic mass is 9.98. The van der Waals surface area contributed by atoms with Gasteiger partial charge >= 0.3 is 11.9 Å². The van der Waals surface area contributed by atoms with E-state index in [0.29, 0.717) is 66.1 Å². The first-order valence-electron chi connectivity index (χ1n) is 24.9. The van der Waals surface area contributed by atoms with Gasteiger partial charge in [0.05, 0.1) is 23.2 Å². The SMILES string of the molecule is CC(C)c1cc(-c2n[nH]c(=O)n2-c2ccc(CN3CCN(C(=O)CCCCCCCNC(=O)Cc4cccc(CNC(=O)c5ccc6c(Oc7ccc(C(F)(F)F)cc7)cccc6c5)c4)CC3)cc2)c(O)cc1O. The molecule has 2 heterocycles. The molecule has 0 atom stereocenters. The summed E-state index contributed by atoms with van der Waals surface area (Å²) in [5.41, 5.74) is 3.49. The van der Waals surface area contributed by atoms with Crippen LogP contribution < -0.4 is 21.1 Å². The number of alkyl halides is 3. The van der Waals surface area contributed by atoms with Gasteiger partial charge in [-0.1, -0.05) is 81.6 Å². The molecule has 1 aliphatic rings. The summed E-state index contributed by atoms with van der Waals surface area (Å²) in [6, 6.07) is 32.9. The van der Waals surface area contributed by atoms with Crippen molar-refractivity contribution in [2.75, 3.05) is 32.7 Å². The number of aromatic nitrogens is 3. The number of amides is 3. The lowest BCUT2D eigenvalue weighted by Crippen LogP contribution is -2.48. The van der Waals surface area contributed by atoms with Gasteiger partial charge in [0.2, 0.25) is 11.8 Å². The minimum atomic E-state index is -4.44. The van der Waals surface area contributed by atoms with E-state index in [1.807, 2.05) is 73.3 Å². The summed E-state index contributed by atoms with van der Waals surface area (Å²) in [6.45, 7) is 8.19. The van der Waals surface area contributed by atoms with Crippen LogP contribution in [0.2, 0.25) is 0 Å². The van der Waals surface area contributed by atoms with E-state index in [0.717, 1.165) is 79.4 Å². The van der Waals surface area contributed by atoms with Crippen LogP contribution in [0.1, 0.15) is 96.5 Å². The average Bonchev–Trinajstić information content (AvgIpc) is 3.77. The lowest BCUT2D eigenvalue weighted by Gasteiger charge is -2.35. The largest absolute Gasteiger partial charge is 0.508 e. The standard InChI is InChI=1S/C57H60F3N7O7/c1-37(2)47-33-48(50(69)34-49(47)68)54-63-64-56(73)67(54)44-20-15-38(16-21-44)36-65-26-28-66(29-27-65)53(71)14-6-4-3-5-7-25-61-52(70)31-39-10-8-11-40(30-39)35-62-55(72)42-17-24-46-41(32-42)12-9-13-51(46)74-45-22-18-43(19-23-45)57(58,59)60/h8-13,15-24,30,32-34,37,68-69H,3-7,14,25-29,31,35-36H2,1-2H3,(H,61,70)(H,62,72)(H,64,73). The number of unbranched alkanes of at least 4 members (excludes halogenated alkanes) is 4. The molecular formula is C57H60F3N7O7. The fourth-order valence-corrected chi connectivity index (χ4v) is 9.14. The third kappa shape index (κ3) is 13.4. The molecule has 3 amide bonds. The van der Waals surface area contributed by atoms with Crippen molar-refractivity contribution >= 4 is 28.5 Å². The molecule has 6 aromatic carbocycles. The molecule has 0 bridgehead atoms. The predicted octanol–water partition coefficient (Wildman–Crippen LogP) is 10.0. The van der Waals surface area contributed by atoms with E-state index in [2.05, 4.69) is 25.7 Å². The minimum absolute atomic E-state index is 0.0131. The molecule has 0 spiro atoms. The molecule has 8 rings (SSSR count). The summed E-state index contributed by atoms with van der Waals surface area (Å²) >= 11 is 0. The maximum atomic E-state index is 13.2. The van der Waals surface area contributed by atoms with Crippen molar-refractivity contribution in [1.82, 2.24) is 35.2 Å². The number of H-pyrrole nitrogens is 1. The molecule has 17 heteroatoms. The maximum absolute atomic E-state index is 13.2. The van der Waals surface area contributed by atoms with Crippen molar-refractivity contribution in [2.45, 2.75) is 84.0 Å². The number of benzene rings is 6. The highest BCUT2D eigenvalue weighted by atomic mass is 19.4. The highest BCUT2D eigenvalue weighted by Crippen LogP contribution is 2.38. The summed E-state index contributed by atoms with van der Waals surface area (Å²) in [6.07, 6.45) is 0.783. The summed E-state index contributed by atoms with van der Waals surface area (Å²) in [5.74, 6) is 0.523. The normalized spacial score (nSPS) is 13.1. The number of halogens is 3. The van der Waals surface area contributed by atoms with Crippen LogP contribution in [0.15, 0.2) is 126 Å². The smallest absolute Gasteiger partial charge is 0.416 e. The lowest BCUT2D eigenvalue weighted by molar-refractivity contribution is -0.137. The van der Waals surface area contributed by atoms with Gasteiger partial charge in [-0.2, -0.15) is 18.3 Å². The number of aromatic amines is 1. The van der Waals surface area contributed by atoms with E-state index in [-0.39, 0.29) is 59.7 Å². The third-order valence-electron chi connectivity index (χ3n) is 13.2. The summed E-state index contributed by atoms with van der Waals surface area (Å²) in [5, 5.41) is 35.0. The molecule has 5 N–H and O–H groups in total. The van der Waals surface area contributed by atoms with Crippen LogP contribution in [0.25, 0.3) is 27.8 Å². The second-order valence-electron chi connectivity index (χ2n) is 19.0. The molecule has 0 radical (unpaired) electrons. The molecule has 1 aliphatic heterocycles. The Labute approximate surface area is 426 Å². The molecule has 0 saturated carbocycles. The quantitative estimate of drug-likeness (QED) is 0.0464. The molecular weight excluding hydrogens is 952 g/mol. The monoisotopic (exact) mass is 1010 g/mol. The summed E-state index contributed by atoms with van der Waals surface area (Å²) in [4.78, 5) is 56.1. The number of aromatic hydroxyl groups is 2. The number of piperazine rings is 1. The van der Waals surface area contributed by atoms with Gasteiger partial charge in [-0.05, 0) is 113 Å². The topological polar surface area (TPSA) is 182 Å². The first-order valence-corrected chi connectivity index (χ1v) is 24.9. The Morgan fingerprint density at radius 3 is 2.22 bits per heavy atom. The number of phenols is 2. The Hall–Kier alpha value is -7.92. The Morgan fingerprint density at radius 1 is 0.757 bits per heavy atom. The fraction of sp³-hybridized carbons (Fsp3) is 0.316. The van der Waals surface area contributed by atoms with E-state index in [4.69, 9.17) is 4.74 Å². The van der Waals surface area contributed by atoms with E-state index in [1.54, 1.807) is 36.4 Å². The molecule has 0 unspecified atom stereocenters. The summed E-state index contributed by atoms with van der Waals surface area (Å²) < 4.78 is 46.3. The van der Waals surface area contributed by atoms with Gasteiger partial charge < -0.3 is 30.5 Å². The molecule has 7 aromatic rings. The number of fused-ring (bicyclic) bond motifs is 1. The maximum Gasteiger partial charge on any atom is 0.416 e. The van der Waals surface area contributed by atoms with Gasteiger partial charge in [0, 0.05) is 69.3 Å². The van der Waals surface area contributed by atoms with Crippen LogP contribution in [0, 0.1) is 0 Å². The predicted molar refractivity (Wildman–Crippen MR) is 276 cm³/mol. The van der Waals surface area contributed by atoms with Crippen molar-refractivity contribution in [3.63, 3.8) is 0 Å². The van der Waals surface area contributed by atoms with E-state index < -0.39 is 17.4 Å². The molecule has 1 fully saturated rings. The Morgan fingerprint density at radius 2 is 1.47 bits per heavy atom.